The lowest BCUT2D eigenvalue weighted by molar-refractivity contribution is -0.144. The van der Waals surface area contributed by atoms with Gasteiger partial charge in [0.25, 0.3) is 0 Å². The Kier molecular flexibility index (Phi) is 46.7. The van der Waals surface area contributed by atoms with E-state index in [1.165, 1.54) is 23.6 Å². The van der Waals surface area contributed by atoms with Crippen LogP contribution in [0.2, 0.25) is 0 Å². The zero-order valence-electron chi connectivity index (χ0n) is 71.6. The monoisotopic (exact) mass is 1660 g/mol. The zero-order valence-corrected chi connectivity index (χ0v) is 71.6. The summed E-state index contributed by atoms with van der Waals surface area (Å²) in [4.78, 5) is 236. The zero-order chi connectivity index (χ0) is 88.8. The van der Waals surface area contributed by atoms with Gasteiger partial charge in [-0.3, -0.25) is 76.7 Å². The Morgan fingerprint density at radius 2 is 0.778 bits per heavy atom. The van der Waals surface area contributed by atoms with Crippen molar-refractivity contribution in [3.63, 3.8) is 0 Å². The molecule has 2 aliphatic rings. The second-order valence-electron chi connectivity index (χ2n) is 33.2. The molecule has 0 aromatic heterocycles. The quantitative estimate of drug-likeness (QED) is 0.0305. The Morgan fingerprint density at radius 1 is 0.393 bits per heavy atom. The summed E-state index contributed by atoms with van der Waals surface area (Å²) in [5, 5.41) is 63.3. The van der Waals surface area contributed by atoms with Gasteiger partial charge in [-0.15, -0.1) is 0 Å². The molecule has 0 aliphatic carbocycles. The molecule has 15 amide bonds. The summed E-state index contributed by atoms with van der Waals surface area (Å²) in [7, 11) is 0. The highest BCUT2D eigenvalue weighted by molar-refractivity contribution is 6.01. The number of likely N-dealkylation sites (tertiary alicyclic amines) is 2. The van der Waals surface area contributed by atoms with E-state index in [2.05, 4.69) is 69.1 Å². The molecule has 666 valence electrons. The van der Waals surface area contributed by atoms with Crippen LogP contribution in [-0.4, -0.2) is 256 Å². The molecule has 2 rings (SSSR count). The van der Waals surface area contributed by atoms with Gasteiger partial charge in [-0.05, 0) is 165 Å². The van der Waals surface area contributed by atoms with Crippen LogP contribution in [0, 0.1) is 41.4 Å². The molecule has 117 heavy (non-hydrogen) atoms. The maximum atomic E-state index is 14.9. The van der Waals surface area contributed by atoms with E-state index in [0.29, 0.717) is 57.9 Å². The standard InChI is InChI=1S/C79H140N18O20/c1-17-46(13)63(94-66(103)49(16)85-73(110)58-27-23-33-96(58)77(114)56(38-44(9)10)91-70(107)54(36-42(5)6)89-68(105)51(25-19-21-31-80)86-60(99)39-83-67(104)50(82)29-30-61(100)101)76(113)95-64(47(14)18-2)78(115)97-34-24-28-59(97)74(111)93-62(45(11)12)75(112)90-55(37-43(7)8)71(108)92-57(40-98)72(109)84-48(15)65(102)88-53(35-41(3)4)69(106)87-52(79(116)117)26-20-22-32-81/h41-59,62-64,98H,17-40,80-82H2,1-16H3,(H,83,104)(H,84,109)(H,85,110)(H,86,99)(H,87,106)(H,88,102)(H,89,105)(H,90,112)(H,91,107)(H,92,108)(H,93,111)(H,94,103)(H,95,113)(H,100,101)(H,116,117)/t46-,47-,48-,49-,50-,51-,52-,53-,54-,55-,56-,57-,58-,59-,62-,63-,64-/m0/s1. The molecular weight excluding hydrogens is 1520 g/mol. The van der Waals surface area contributed by atoms with Crippen LogP contribution in [0.25, 0.3) is 0 Å². The first kappa shape index (κ1) is 104. The minimum atomic E-state index is -1.66. The van der Waals surface area contributed by atoms with Crippen molar-refractivity contribution >= 4 is 101 Å². The normalized spacial score (nSPS) is 18.0. The van der Waals surface area contributed by atoms with Gasteiger partial charge in [-0.2, -0.15) is 0 Å². The van der Waals surface area contributed by atoms with Gasteiger partial charge in [0.15, 0.2) is 0 Å². The lowest BCUT2D eigenvalue weighted by Gasteiger charge is -2.34. The van der Waals surface area contributed by atoms with Gasteiger partial charge in [-0.25, -0.2) is 4.79 Å². The molecule has 2 aliphatic heterocycles. The number of nitrogens with zero attached hydrogens (tertiary/aromatic N) is 2. The molecule has 0 aromatic carbocycles. The summed E-state index contributed by atoms with van der Waals surface area (Å²) in [5.41, 5.74) is 17.1. The fourth-order valence-corrected chi connectivity index (χ4v) is 13.5. The summed E-state index contributed by atoms with van der Waals surface area (Å²) in [6.45, 7) is 26.7. The Bertz CT molecular complexity index is 3320. The number of carboxylic acid groups (broad SMARTS) is 2. The summed E-state index contributed by atoms with van der Waals surface area (Å²) < 4.78 is 0. The van der Waals surface area contributed by atoms with Crippen molar-refractivity contribution in [3.05, 3.63) is 0 Å². The number of carbonyl (C=O) groups excluding carboxylic acids is 15. The first-order chi connectivity index (χ1) is 54.9. The molecule has 0 radical (unpaired) electrons. The molecule has 38 nitrogen and oxygen atoms in total. The number of hydrogen-bond acceptors (Lipinski definition) is 21. The van der Waals surface area contributed by atoms with Gasteiger partial charge in [-0.1, -0.05) is 110 Å². The molecule has 2 fully saturated rings. The number of carboxylic acids is 2. The maximum absolute atomic E-state index is 14.9. The van der Waals surface area contributed by atoms with Crippen molar-refractivity contribution in [2.24, 2.45) is 58.6 Å². The Morgan fingerprint density at radius 3 is 1.24 bits per heavy atom. The lowest BCUT2D eigenvalue weighted by atomic mass is 9.94. The summed E-state index contributed by atoms with van der Waals surface area (Å²) in [6.07, 6.45) is 3.62. The van der Waals surface area contributed by atoms with Crippen molar-refractivity contribution in [1.82, 2.24) is 78.9 Å². The first-order valence-corrected chi connectivity index (χ1v) is 41.6. The third kappa shape index (κ3) is 35.9. The molecule has 0 aromatic rings. The van der Waals surface area contributed by atoms with Crippen LogP contribution in [0.15, 0.2) is 0 Å². The molecule has 0 unspecified atom stereocenters. The van der Waals surface area contributed by atoms with Crippen LogP contribution in [0.5, 0.6) is 0 Å². The van der Waals surface area contributed by atoms with Crippen LogP contribution >= 0.6 is 0 Å². The van der Waals surface area contributed by atoms with Gasteiger partial charge in [0, 0.05) is 19.5 Å². The third-order valence-electron chi connectivity index (χ3n) is 20.7. The van der Waals surface area contributed by atoms with E-state index >= 15 is 0 Å². The van der Waals surface area contributed by atoms with Crippen molar-refractivity contribution < 1.29 is 96.8 Å². The summed E-state index contributed by atoms with van der Waals surface area (Å²) >= 11 is 0. The smallest absolute Gasteiger partial charge is 0.326 e. The SMILES string of the molecule is CC[C@H](C)[C@H](NC(=O)[C@H](C)NC(=O)[C@@H]1CCCN1C(=O)[C@H](CC(C)C)NC(=O)[C@H](CC(C)C)NC(=O)[C@H](CCCCN)NC(=O)CNC(=O)[C@@H](N)CCC(=O)O)C(=O)N[C@H](C(=O)N1CCC[C@H]1C(=O)N[C@H](C(=O)N[C@@H](CC(C)C)C(=O)N[C@@H](CO)C(=O)N[C@@H](C)C(=O)N[C@@H](CC(C)C)C(=O)N[C@@H](CCCCN)C(=O)O)C(C)C)[C@@H](C)CC. The number of amides is 15. The number of aliphatic hydroxyl groups is 1. The number of hydrogen-bond donors (Lipinski definition) is 19. The largest absolute Gasteiger partial charge is 0.481 e. The van der Waals surface area contributed by atoms with E-state index in [4.69, 9.17) is 22.3 Å². The van der Waals surface area contributed by atoms with Crippen LogP contribution in [0.3, 0.4) is 0 Å². The Labute approximate surface area is 688 Å². The molecule has 17 atom stereocenters. The van der Waals surface area contributed by atoms with Gasteiger partial charge in [0.05, 0.1) is 19.2 Å². The van der Waals surface area contributed by atoms with Crippen molar-refractivity contribution in [2.45, 2.75) is 317 Å². The number of carbonyl (C=O) groups is 17. The lowest BCUT2D eigenvalue weighted by Crippen LogP contribution is -2.62. The van der Waals surface area contributed by atoms with Crippen molar-refractivity contribution in [3.8, 4) is 0 Å². The topological polar surface area (TPSA) is 592 Å². The molecular formula is C79H140N18O20. The van der Waals surface area contributed by atoms with E-state index in [1.807, 2.05) is 27.7 Å². The number of nitrogens with two attached hydrogens (primary N) is 3. The number of unbranched alkanes of at least 4 members (excludes halogenated alkanes) is 2. The number of nitrogens with one attached hydrogen (secondary N) is 13. The Balaban J connectivity index is 2.30. The molecule has 0 bridgehead atoms. The second kappa shape index (κ2) is 52.6. The molecule has 2 saturated heterocycles. The van der Waals surface area contributed by atoms with Crippen LogP contribution in [0.4, 0.5) is 0 Å². The number of rotatable bonds is 54. The Hall–Kier alpha value is -9.17. The summed E-state index contributed by atoms with van der Waals surface area (Å²) in [5.74, 6) is -16.3. The molecule has 38 heteroatoms. The second-order valence-corrected chi connectivity index (χ2v) is 33.2. The van der Waals surface area contributed by atoms with Gasteiger partial charge in [0.1, 0.15) is 84.6 Å². The minimum Gasteiger partial charge on any atom is -0.481 e. The first-order valence-electron chi connectivity index (χ1n) is 41.6. The molecule has 0 spiro atoms. The van der Waals surface area contributed by atoms with Gasteiger partial charge >= 0.3 is 11.9 Å². The van der Waals surface area contributed by atoms with E-state index < -0.39 is 222 Å². The average Bonchev–Trinajstić information content (AvgIpc) is 1.79. The van der Waals surface area contributed by atoms with Crippen LogP contribution in [-0.2, 0) is 81.5 Å². The highest BCUT2D eigenvalue weighted by atomic mass is 16.4. The van der Waals surface area contributed by atoms with Crippen LogP contribution in [0.1, 0.15) is 226 Å². The minimum absolute atomic E-state index is 0.0102. The fourth-order valence-electron chi connectivity index (χ4n) is 13.5. The number of aliphatic hydroxyl groups excluding tert-OH is 1. The maximum Gasteiger partial charge on any atom is 0.326 e. The fraction of sp³-hybridized carbons (Fsp3) is 0.785. The van der Waals surface area contributed by atoms with Crippen LogP contribution < -0.4 is 86.3 Å². The molecule has 2 heterocycles. The van der Waals surface area contributed by atoms with E-state index in [1.54, 1.807) is 69.2 Å². The average molecular weight is 1660 g/mol. The highest BCUT2D eigenvalue weighted by Gasteiger charge is 2.45. The highest BCUT2D eigenvalue weighted by Crippen LogP contribution is 2.25. The van der Waals surface area contributed by atoms with Gasteiger partial charge < -0.3 is 111 Å². The van der Waals surface area contributed by atoms with E-state index in [0.717, 1.165) is 0 Å². The number of aliphatic carboxylic acids is 2. The van der Waals surface area contributed by atoms with Crippen molar-refractivity contribution in [1.29, 1.82) is 0 Å². The van der Waals surface area contributed by atoms with Crippen molar-refractivity contribution in [2.75, 3.05) is 39.3 Å². The predicted octanol–water partition coefficient (Wildman–Crippen LogP) is -1.60. The third-order valence-corrected chi connectivity index (χ3v) is 20.7. The van der Waals surface area contributed by atoms with Gasteiger partial charge in [0.2, 0.25) is 88.6 Å². The van der Waals surface area contributed by atoms with E-state index in [9.17, 15) is 91.7 Å². The molecule has 0 saturated carbocycles. The predicted molar refractivity (Wildman–Crippen MR) is 434 cm³/mol. The summed E-state index contributed by atoms with van der Waals surface area (Å²) in [6, 6.07) is -19.0. The van der Waals surface area contributed by atoms with E-state index in [-0.39, 0.29) is 108 Å². The molecule has 22 N–H and O–H groups in total.